The highest BCUT2D eigenvalue weighted by molar-refractivity contribution is 7.37. The van der Waals surface area contributed by atoms with Crippen molar-refractivity contribution in [3.8, 4) is 0 Å². The summed E-state index contributed by atoms with van der Waals surface area (Å²) in [5.74, 6) is 0. The molecule has 33 heavy (non-hydrogen) atoms. The van der Waals surface area contributed by atoms with Crippen LogP contribution in [0.4, 0.5) is 0 Å². The molecule has 176 valence electrons. The van der Waals surface area contributed by atoms with Gasteiger partial charge in [0.25, 0.3) is 0 Å². The molecular formula is C32H43P. The van der Waals surface area contributed by atoms with Crippen molar-refractivity contribution in [1.29, 1.82) is 0 Å². The molecule has 0 spiro atoms. The molecule has 3 aromatic rings. The molecule has 1 unspecified atom stereocenters. The number of rotatable bonds is 16. The summed E-state index contributed by atoms with van der Waals surface area (Å²) < 4.78 is 0. The van der Waals surface area contributed by atoms with Crippen LogP contribution in [-0.4, -0.2) is 12.3 Å². The molecule has 0 radical (unpaired) electrons. The molecule has 0 N–H and O–H groups in total. The average Bonchev–Trinajstić information content (AvgIpc) is 2.89. The lowest BCUT2D eigenvalue weighted by Crippen LogP contribution is -2.30. The fourth-order valence-electron chi connectivity index (χ4n) is 5.06. The smallest absolute Gasteiger partial charge is 0.0454 e. The van der Waals surface area contributed by atoms with Gasteiger partial charge in [-0.15, -0.1) is 8.58 Å². The van der Waals surface area contributed by atoms with Gasteiger partial charge >= 0.3 is 0 Å². The van der Waals surface area contributed by atoms with Gasteiger partial charge in [0.05, 0.1) is 0 Å². The molecule has 0 heterocycles. The Morgan fingerprint density at radius 3 is 1.30 bits per heavy atom. The molecule has 0 aliphatic rings. The van der Waals surface area contributed by atoms with Crippen LogP contribution in [0.15, 0.2) is 91.0 Å². The topological polar surface area (TPSA) is 0 Å². The second kappa shape index (κ2) is 15.1. The summed E-state index contributed by atoms with van der Waals surface area (Å²) in [6, 6.07) is 33.5. The van der Waals surface area contributed by atoms with Gasteiger partial charge in [-0.05, 0) is 41.9 Å². The highest BCUT2D eigenvalue weighted by Gasteiger charge is 2.35. The Kier molecular flexibility index (Phi) is 11.7. The van der Waals surface area contributed by atoms with E-state index >= 15 is 0 Å². The van der Waals surface area contributed by atoms with E-state index in [-0.39, 0.29) is 5.41 Å². The molecule has 0 aliphatic carbocycles. The van der Waals surface area contributed by atoms with Crippen LogP contribution in [0, 0.1) is 0 Å². The molecule has 0 saturated heterocycles. The fourth-order valence-corrected chi connectivity index (χ4v) is 6.36. The van der Waals surface area contributed by atoms with Gasteiger partial charge in [-0.2, -0.15) is 0 Å². The quantitative estimate of drug-likeness (QED) is 0.114. The molecule has 1 heteroatoms. The Balaban J connectivity index is 1.59. The fraction of sp³-hybridized carbons (Fsp3) is 0.438. The standard InChI is InChI=1S/C32H43P/c1-2-3-4-5-6-7-8-9-19-27-33-28-26-32(29-20-13-10-14-21-29,30-22-15-11-16-23-30)31-24-17-12-18-25-31/h10-18,20-25,33H,2-9,19,26-28H2,1H3. The van der Waals surface area contributed by atoms with Gasteiger partial charge in [-0.1, -0.05) is 149 Å². The molecule has 0 amide bonds. The second-order valence-corrected chi connectivity index (χ2v) is 10.8. The molecule has 0 aromatic heterocycles. The molecule has 3 rings (SSSR count). The van der Waals surface area contributed by atoms with E-state index in [2.05, 4.69) is 97.9 Å². The Bertz CT molecular complexity index is 760. The normalized spacial score (nSPS) is 11.9. The van der Waals surface area contributed by atoms with Crippen molar-refractivity contribution >= 4 is 8.58 Å². The van der Waals surface area contributed by atoms with Crippen molar-refractivity contribution in [2.24, 2.45) is 0 Å². The van der Waals surface area contributed by atoms with Crippen molar-refractivity contribution in [2.45, 2.75) is 76.5 Å². The summed E-state index contributed by atoms with van der Waals surface area (Å²) in [5.41, 5.74) is 4.16. The maximum absolute atomic E-state index is 2.32. The van der Waals surface area contributed by atoms with Gasteiger partial charge in [0, 0.05) is 5.41 Å². The minimum absolute atomic E-state index is 0.0741. The molecular weight excluding hydrogens is 415 g/mol. The molecule has 0 aliphatic heterocycles. The first kappa shape index (κ1) is 25.7. The maximum Gasteiger partial charge on any atom is 0.0454 e. The first-order valence-electron chi connectivity index (χ1n) is 13.2. The molecule has 0 fully saturated rings. The highest BCUT2D eigenvalue weighted by Crippen LogP contribution is 2.43. The zero-order chi connectivity index (χ0) is 23.0. The highest BCUT2D eigenvalue weighted by atomic mass is 31.1. The number of benzene rings is 3. The molecule has 0 nitrogen and oxygen atoms in total. The summed E-state index contributed by atoms with van der Waals surface area (Å²) in [6.07, 6.45) is 16.6. The van der Waals surface area contributed by atoms with Crippen LogP contribution in [-0.2, 0) is 5.41 Å². The Hall–Kier alpha value is -1.91. The van der Waals surface area contributed by atoms with Crippen LogP contribution in [0.25, 0.3) is 0 Å². The van der Waals surface area contributed by atoms with Crippen molar-refractivity contribution in [3.63, 3.8) is 0 Å². The Morgan fingerprint density at radius 2 is 0.879 bits per heavy atom. The zero-order valence-electron chi connectivity index (χ0n) is 20.6. The molecule has 3 aromatic carbocycles. The Morgan fingerprint density at radius 1 is 0.485 bits per heavy atom. The largest absolute Gasteiger partial charge is 0.122 e. The van der Waals surface area contributed by atoms with Crippen LogP contribution in [0.5, 0.6) is 0 Å². The number of hydrogen-bond acceptors (Lipinski definition) is 0. The Labute approximate surface area is 205 Å². The average molecular weight is 459 g/mol. The summed E-state index contributed by atoms with van der Waals surface area (Å²) in [4.78, 5) is 0. The van der Waals surface area contributed by atoms with Crippen molar-refractivity contribution in [3.05, 3.63) is 108 Å². The van der Waals surface area contributed by atoms with E-state index in [1.54, 1.807) is 0 Å². The van der Waals surface area contributed by atoms with Gasteiger partial charge in [-0.25, -0.2) is 0 Å². The van der Waals surface area contributed by atoms with Crippen LogP contribution in [0.2, 0.25) is 0 Å². The molecule has 0 saturated carbocycles. The van der Waals surface area contributed by atoms with Crippen LogP contribution >= 0.6 is 8.58 Å². The minimum atomic E-state index is -0.0741. The van der Waals surface area contributed by atoms with E-state index < -0.39 is 0 Å². The van der Waals surface area contributed by atoms with Crippen LogP contribution < -0.4 is 0 Å². The maximum atomic E-state index is 2.32. The summed E-state index contributed by atoms with van der Waals surface area (Å²) in [5, 5.41) is 0. The van der Waals surface area contributed by atoms with Crippen LogP contribution in [0.1, 0.15) is 87.8 Å². The van der Waals surface area contributed by atoms with Gasteiger partial charge in [0.15, 0.2) is 0 Å². The summed E-state index contributed by atoms with van der Waals surface area (Å²) in [7, 11) is 1.05. The van der Waals surface area contributed by atoms with E-state index in [1.165, 1.54) is 93.2 Å². The second-order valence-electron chi connectivity index (χ2n) is 9.33. The first-order chi connectivity index (χ1) is 16.4. The van der Waals surface area contributed by atoms with Gasteiger partial charge in [-0.3, -0.25) is 0 Å². The SMILES string of the molecule is CCCCCCCCCCCPCCC(c1ccccc1)(c1ccccc1)c1ccccc1. The van der Waals surface area contributed by atoms with E-state index in [9.17, 15) is 0 Å². The molecule has 0 bridgehead atoms. The third-order valence-corrected chi connectivity index (χ3v) is 8.24. The third-order valence-electron chi connectivity index (χ3n) is 6.93. The van der Waals surface area contributed by atoms with Crippen molar-refractivity contribution in [1.82, 2.24) is 0 Å². The lowest BCUT2D eigenvalue weighted by Gasteiger charge is -2.36. The number of hydrogen-bond donors (Lipinski definition) is 0. The lowest BCUT2D eigenvalue weighted by atomic mass is 9.68. The lowest BCUT2D eigenvalue weighted by molar-refractivity contribution is 0.572. The molecule has 1 atom stereocenters. The van der Waals surface area contributed by atoms with E-state index in [4.69, 9.17) is 0 Å². The predicted octanol–water partition coefficient (Wildman–Crippen LogP) is 9.62. The van der Waals surface area contributed by atoms with Crippen molar-refractivity contribution in [2.75, 3.05) is 12.3 Å². The van der Waals surface area contributed by atoms with E-state index in [1.807, 2.05) is 0 Å². The van der Waals surface area contributed by atoms with E-state index in [0.717, 1.165) is 8.58 Å². The first-order valence-corrected chi connectivity index (χ1v) is 14.7. The van der Waals surface area contributed by atoms with Gasteiger partial charge in [0.1, 0.15) is 0 Å². The van der Waals surface area contributed by atoms with E-state index in [0.29, 0.717) is 0 Å². The monoisotopic (exact) mass is 458 g/mol. The minimum Gasteiger partial charge on any atom is -0.122 e. The number of unbranched alkanes of at least 4 members (excludes halogenated alkanes) is 8. The predicted molar refractivity (Wildman–Crippen MR) is 149 cm³/mol. The van der Waals surface area contributed by atoms with Crippen LogP contribution in [0.3, 0.4) is 0 Å². The van der Waals surface area contributed by atoms with Crippen molar-refractivity contribution < 1.29 is 0 Å². The third kappa shape index (κ3) is 7.82. The zero-order valence-corrected chi connectivity index (χ0v) is 21.6. The summed E-state index contributed by atoms with van der Waals surface area (Å²) >= 11 is 0. The summed E-state index contributed by atoms with van der Waals surface area (Å²) in [6.45, 7) is 2.30. The van der Waals surface area contributed by atoms with Gasteiger partial charge < -0.3 is 0 Å². The van der Waals surface area contributed by atoms with Gasteiger partial charge in [0.2, 0.25) is 0 Å².